The maximum absolute atomic E-state index is 4.57. The molecule has 1 aliphatic heterocycles. The Hall–Kier alpha value is -1.74. The van der Waals surface area contributed by atoms with E-state index in [2.05, 4.69) is 45.2 Å². The van der Waals surface area contributed by atoms with Crippen molar-refractivity contribution in [2.24, 2.45) is 0 Å². The van der Waals surface area contributed by atoms with Gasteiger partial charge in [-0.25, -0.2) is 9.97 Å². The molecule has 0 aliphatic carbocycles. The molecule has 0 amide bonds. The molecule has 0 bridgehead atoms. The van der Waals surface area contributed by atoms with Crippen LogP contribution in [-0.4, -0.2) is 34.5 Å². The third-order valence-corrected chi connectivity index (χ3v) is 4.01. The zero-order valence-electron chi connectivity index (χ0n) is 12.0. The summed E-state index contributed by atoms with van der Waals surface area (Å²) in [4.78, 5) is 11.5. The first-order valence-corrected chi connectivity index (χ1v) is 7.37. The molecular weight excluding hydrogens is 246 g/mol. The molecule has 0 saturated carbocycles. The average Bonchev–Trinajstić information content (AvgIpc) is 2.95. The molecule has 0 N–H and O–H groups in total. The summed E-state index contributed by atoms with van der Waals surface area (Å²) in [5.41, 5.74) is 2.49. The minimum Gasteiger partial charge on any atom is -0.302 e. The topological polar surface area (TPSA) is 29.0 Å². The number of aryl methyl sites for hydroxylation is 1. The van der Waals surface area contributed by atoms with Crippen LogP contribution in [0.15, 0.2) is 42.6 Å². The van der Waals surface area contributed by atoms with Gasteiger partial charge in [0.25, 0.3) is 0 Å². The SMILES string of the molecule is Cc1ccnc([C@@H]2CCN(CCc3ccccc3)C2)n1. The van der Waals surface area contributed by atoms with Crippen LogP contribution in [0.4, 0.5) is 0 Å². The van der Waals surface area contributed by atoms with Crippen LogP contribution in [0.25, 0.3) is 0 Å². The van der Waals surface area contributed by atoms with Crippen LogP contribution in [-0.2, 0) is 6.42 Å². The van der Waals surface area contributed by atoms with Gasteiger partial charge >= 0.3 is 0 Å². The fourth-order valence-corrected chi connectivity index (χ4v) is 2.84. The van der Waals surface area contributed by atoms with Gasteiger partial charge in [0.05, 0.1) is 0 Å². The molecule has 3 nitrogen and oxygen atoms in total. The number of hydrogen-bond acceptors (Lipinski definition) is 3. The van der Waals surface area contributed by atoms with Gasteiger partial charge < -0.3 is 4.90 Å². The van der Waals surface area contributed by atoms with Gasteiger partial charge in [-0.05, 0) is 37.9 Å². The van der Waals surface area contributed by atoms with E-state index in [-0.39, 0.29) is 0 Å². The van der Waals surface area contributed by atoms with Crippen molar-refractivity contribution in [2.75, 3.05) is 19.6 Å². The second-order valence-electron chi connectivity index (χ2n) is 5.58. The Bertz CT molecular complexity index is 553. The largest absolute Gasteiger partial charge is 0.302 e. The second kappa shape index (κ2) is 6.14. The van der Waals surface area contributed by atoms with Crippen LogP contribution in [0.1, 0.15) is 29.4 Å². The minimum absolute atomic E-state index is 0.505. The first-order chi connectivity index (χ1) is 9.81. The molecule has 3 rings (SSSR count). The molecule has 0 spiro atoms. The van der Waals surface area contributed by atoms with Crippen LogP contribution < -0.4 is 0 Å². The Morgan fingerprint density at radius 1 is 1.20 bits per heavy atom. The van der Waals surface area contributed by atoms with E-state index in [4.69, 9.17) is 0 Å². The highest BCUT2D eigenvalue weighted by molar-refractivity contribution is 5.15. The van der Waals surface area contributed by atoms with E-state index < -0.39 is 0 Å². The van der Waals surface area contributed by atoms with Crippen molar-refractivity contribution in [1.29, 1.82) is 0 Å². The molecule has 104 valence electrons. The van der Waals surface area contributed by atoms with Crippen molar-refractivity contribution in [2.45, 2.75) is 25.7 Å². The summed E-state index contributed by atoms with van der Waals surface area (Å²) in [5, 5.41) is 0. The molecule has 1 aliphatic rings. The fraction of sp³-hybridized carbons (Fsp3) is 0.412. The van der Waals surface area contributed by atoms with Gasteiger partial charge in [0.15, 0.2) is 0 Å². The van der Waals surface area contributed by atoms with Crippen LogP contribution >= 0.6 is 0 Å². The van der Waals surface area contributed by atoms with Gasteiger partial charge in [-0.3, -0.25) is 0 Å². The fourth-order valence-electron chi connectivity index (χ4n) is 2.84. The Morgan fingerprint density at radius 2 is 2.05 bits per heavy atom. The number of likely N-dealkylation sites (tertiary alicyclic amines) is 1. The quantitative estimate of drug-likeness (QED) is 0.853. The van der Waals surface area contributed by atoms with Crippen LogP contribution in [0.3, 0.4) is 0 Å². The van der Waals surface area contributed by atoms with Gasteiger partial charge in [-0.15, -0.1) is 0 Å². The van der Waals surface area contributed by atoms with Gasteiger partial charge in [-0.1, -0.05) is 30.3 Å². The predicted molar refractivity (Wildman–Crippen MR) is 80.7 cm³/mol. The number of benzene rings is 1. The van der Waals surface area contributed by atoms with E-state index in [1.54, 1.807) is 0 Å². The second-order valence-corrected chi connectivity index (χ2v) is 5.58. The predicted octanol–water partition coefficient (Wildman–Crippen LogP) is 2.82. The molecular formula is C17H21N3. The molecule has 0 radical (unpaired) electrons. The minimum atomic E-state index is 0.505. The standard InChI is InChI=1S/C17H21N3/c1-14-7-10-18-17(19-14)16-9-12-20(13-16)11-8-15-5-3-2-4-6-15/h2-7,10,16H,8-9,11-13H2,1H3/t16-/m1/s1. The molecule has 0 unspecified atom stereocenters. The summed E-state index contributed by atoms with van der Waals surface area (Å²) in [5.74, 6) is 1.53. The average molecular weight is 267 g/mol. The lowest BCUT2D eigenvalue weighted by atomic mass is 10.1. The Balaban J connectivity index is 1.55. The highest BCUT2D eigenvalue weighted by atomic mass is 15.1. The summed E-state index contributed by atoms with van der Waals surface area (Å²) < 4.78 is 0. The Labute approximate surface area is 120 Å². The molecule has 1 aromatic carbocycles. The summed E-state index contributed by atoms with van der Waals surface area (Å²) in [6.45, 7) is 5.42. The molecule has 1 aromatic heterocycles. The van der Waals surface area contributed by atoms with E-state index in [0.29, 0.717) is 5.92 Å². The molecule has 3 heteroatoms. The summed E-state index contributed by atoms with van der Waals surface area (Å²) >= 11 is 0. The summed E-state index contributed by atoms with van der Waals surface area (Å²) in [6, 6.07) is 12.7. The monoisotopic (exact) mass is 267 g/mol. The van der Waals surface area contributed by atoms with Gasteiger partial charge in [0, 0.05) is 30.9 Å². The highest BCUT2D eigenvalue weighted by Gasteiger charge is 2.25. The van der Waals surface area contributed by atoms with E-state index in [1.807, 2.05) is 19.2 Å². The third-order valence-electron chi connectivity index (χ3n) is 4.01. The Morgan fingerprint density at radius 3 is 2.85 bits per heavy atom. The smallest absolute Gasteiger partial charge is 0.132 e. The molecule has 2 heterocycles. The van der Waals surface area contributed by atoms with Crippen molar-refractivity contribution in [3.63, 3.8) is 0 Å². The number of rotatable bonds is 4. The normalized spacial score (nSPS) is 19.4. The zero-order chi connectivity index (χ0) is 13.8. The van der Waals surface area contributed by atoms with Gasteiger partial charge in [0.2, 0.25) is 0 Å². The molecule has 1 atom stereocenters. The summed E-state index contributed by atoms with van der Waals surface area (Å²) in [7, 11) is 0. The lowest BCUT2D eigenvalue weighted by Crippen LogP contribution is -2.23. The van der Waals surface area contributed by atoms with Crippen molar-refractivity contribution < 1.29 is 0 Å². The van der Waals surface area contributed by atoms with E-state index in [1.165, 1.54) is 12.0 Å². The maximum Gasteiger partial charge on any atom is 0.132 e. The first kappa shape index (κ1) is 13.3. The third kappa shape index (κ3) is 3.23. The van der Waals surface area contributed by atoms with Crippen molar-refractivity contribution >= 4 is 0 Å². The zero-order valence-corrected chi connectivity index (χ0v) is 12.0. The molecule has 20 heavy (non-hydrogen) atoms. The Kier molecular flexibility index (Phi) is 4.07. The van der Waals surface area contributed by atoms with Gasteiger partial charge in [-0.2, -0.15) is 0 Å². The van der Waals surface area contributed by atoms with Crippen molar-refractivity contribution in [3.8, 4) is 0 Å². The lowest BCUT2D eigenvalue weighted by molar-refractivity contribution is 0.337. The van der Waals surface area contributed by atoms with Crippen molar-refractivity contribution in [1.82, 2.24) is 14.9 Å². The van der Waals surface area contributed by atoms with Gasteiger partial charge in [0.1, 0.15) is 5.82 Å². The first-order valence-electron chi connectivity index (χ1n) is 7.37. The molecule has 1 fully saturated rings. The number of aromatic nitrogens is 2. The van der Waals surface area contributed by atoms with E-state index in [0.717, 1.165) is 37.6 Å². The van der Waals surface area contributed by atoms with Crippen LogP contribution in [0.5, 0.6) is 0 Å². The number of nitrogens with zero attached hydrogens (tertiary/aromatic N) is 3. The van der Waals surface area contributed by atoms with E-state index >= 15 is 0 Å². The van der Waals surface area contributed by atoms with Crippen LogP contribution in [0.2, 0.25) is 0 Å². The molecule has 1 saturated heterocycles. The maximum atomic E-state index is 4.57. The summed E-state index contributed by atoms with van der Waals surface area (Å²) in [6.07, 6.45) is 4.19. The van der Waals surface area contributed by atoms with E-state index in [9.17, 15) is 0 Å². The molecule has 2 aromatic rings. The lowest BCUT2D eigenvalue weighted by Gasteiger charge is -2.15. The highest BCUT2D eigenvalue weighted by Crippen LogP contribution is 2.24. The van der Waals surface area contributed by atoms with Crippen LogP contribution in [0, 0.1) is 6.92 Å². The van der Waals surface area contributed by atoms with Crippen molar-refractivity contribution in [3.05, 3.63) is 59.7 Å². The number of hydrogen-bond donors (Lipinski definition) is 0.